The van der Waals surface area contributed by atoms with Crippen LogP contribution in [-0.4, -0.2) is 72.5 Å². The first-order valence-electron chi connectivity index (χ1n) is 15.7. The van der Waals surface area contributed by atoms with E-state index < -0.39 is 41.9 Å². The molecule has 0 bridgehead atoms. The lowest BCUT2D eigenvalue weighted by molar-refractivity contribution is 0.0723. The van der Waals surface area contributed by atoms with Gasteiger partial charge in [0.15, 0.2) is 16.6 Å². The molecule has 0 aliphatic rings. The first-order chi connectivity index (χ1) is 17.3. The maximum absolute atomic E-state index is 7.10. The van der Waals surface area contributed by atoms with Crippen molar-refractivity contribution in [1.82, 2.24) is 4.23 Å². The normalized spacial score (nSPS) is 14.1. The summed E-state index contributed by atoms with van der Waals surface area (Å²) >= 11 is 0. The fraction of sp³-hybridized carbons (Fsp3) is 1.00. The van der Waals surface area contributed by atoms with E-state index in [4.69, 9.17) is 17.4 Å². The fourth-order valence-electron chi connectivity index (χ4n) is 6.59. The van der Waals surface area contributed by atoms with E-state index in [1.807, 2.05) is 20.8 Å². The number of hydrogen-bond donors (Lipinski definition) is 0. The van der Waals surface area contributed by atoms with Crippen molar-refractivity contribution in [3.05, 3.63) is 0 Å². The second kappa shape index (κ2) is 17.6. The van der Waals surface area contributed by atoms with Gasteiger partial charge in [-0.2, -0.15) is 0 Å². The first-order valence-corrected chi connectivity index (χ1v) is 29.0. The van der Waals surface area contributed by atoms with Crippen LogP contribution in [0.3, 0.4) is 0 Å². The number of nitrogens with zero attached hydrogens (tertiary/aromatic N) is 1. The van der Waals surface area contributed by atoms with Gasteiger partial charge in [0.25, 0.3) is 0 Å². The standard InChI is InChI=1S/C27H67NO4Si5/c1-14-29-37(30-15-2,31-16-3)27-26-34(12,13)32-33(10,11)25-23-24-28(35(17-4,18-5)19-6)36(20-7,21-8)22-9/h14-27H2,1-13H3. The average Bonchev–Trinajstić information content (AvgIpc) is 2.85. The Morgan fingerprint density at radius 2 is 0.838 bits per heavy atom. The molecule has 0 heterocycles. The molecule has 0 saturated carbocycles. The first kappa shape index (κ1) is 37.9. The topological polar surface area (TPSA) is 40.2 Å². The minimum Gasteiger partial charge on any atom is -0.456 e. The predicted molar refractivity (Wildman–Crippen MR) is 177 cm³/mol. The molecule has 0 rings (SSSR count). The second-order valence-electron chi connectivity index (χ2n) is 11.9. The number of hydrogen-bond acceptors (Lipinski definition) is 5. The summed E-state index contributed by atoms with van der Waals surface area (Å²) in [6.45, 7) is 34.0. The van der Waals surface area contributed by atoms with Gasteiger partial charge in [-0.1, -0.05) is 41.5 Å². The molecule has 5 nitrogen and oxygen atoms in total. The molecular formula is C27H67NO4Si5. The molecule has 37 heavy (non-hydrogen) atoms. The van der Waals surface area contributed by atoms with Crippen LogP contribution in [0.2, 0.25) is 80.6 Å². The molecule has 0 aromatic heterocycles. The second-order valence-corrected chi connectivity index (χ2v) is 34.2. The molecule has 224 valence electrons. The molecule has 0 radical (unpaired) electrons. The zero-order valence-electron chi connectivity index (χ0n) is 27.5. The Morgan fingerprint density at radius 3 is 1.16 bits per heavy atom. The van der Waals surface area contributed by atoms with Gasteiger partial charge in [0.1, 0.15) is 16.5 Å². The van der Waals surface area contributed by atoms with E-state index in [1.54, 1.807) is 0 Å². The van der Waals surface area contributed by atoms with Crippen LogP contribution in [0.1, 0.15) is 68.7 Å². The highest BCUT2D eigenvalue weighted by Crippen LogP contribution is 2.37. The highest BCUT2D eigenvalue weighted by atomic mass is 28.4. The van der Waals surface area contributed by atoms with Crippen molar-refractivity contribution in [2.45, 2.75) is 149 Å². The van der Waals surface area contributed by atoms with Crippen molar-refractivity contribution in [1.29, 1.82) is 0 Å². The molecule has 0 aromatic carbocycles. The molecule has 0 aromatic rings. The smallest absolute Gasteiger partial charge is 0.456 e. The molecule has 0 aliphatic carbocycles. The van der Waals surface area contributed by atoms with Gasteiger partial charge < -0.3 is 21.6 Å². The van der Waals surface area contributed by atoms with Crippen LogP contribution in [-0.2, 0) is 17.4 Å². The SMILES string of the molecule is CCO[Si](CC[Si](C)(C)O[Si](C)(C)CCCN([Si](CC)(CC)CC)[Si](CC)(CC)CC)(OCC)OCC. The van der Waals surface area contributed by atoms with Crippen molar-refractivity contribution in [2.24, 2.45) is 0 Å². The Labute approximate surface area is 238 Å². The molecule has 0 amide bonds. The monoisotopic (exact) mass is 609 g/mol. The Morgan fingerprint density at radius 1 is 0.486 bits per heavy atom. The van der Waals surface area contributed by atoms with Gasteiger partial charge in [-0.25, -0.2) is 0 Å². The van der Waals surface area contributed by atoms with E-state index in [0.717, 1.165) is 12.1 Å². The van der Waals surface area contributed by atoms with Gasteiger partial charge in [-0.15, -0.1) is 0 Å². The summed E-state index contributed by atoms with van der Waals surface area (Å²) in [5.74, 6) is 0. The predicted octanol–water partition coefficient (Wildman–Crippen LogP) is 9.16. The lowest BCUT2D eigenvalue weighted by atomic mass is 10.5. The largest absolute Gasteiger partial charge is 0.500 e. The zero-order chi connectivity index (χ0) is 28.8. The summed E-state index contributed by atoms with van der Waals surface area (Å²) in [7, 11) is -9.07. The Bertz CT molecular complexity index is 548. The third-order valence-electron chi connectivity index (χ3n) is 8.93. The summed E-state index contributed by atoms with van der Waals surface area (Å²) in [6.07, 6.45) is 1.29. The zero-order valence-corrected chi connectivity index (χ0v) is 32.5. The van der Waals surface area contributed by atoms with Gasteiger partial charge in [-0.05, 0) is 108 Å². The van der Waals surface area contributed by atoms with E-state index in [0.29, 0.717) is 19.8 Å². The number of rotatable bonds is 23. The van der Waals surface area contributed by atoms with Crippen molar-refractivity contribution in [3.8, 4) is 0 Å². The molecule has 0 fully saturated rings. The van der Waals surface area contributed by atoms with Crippen LogP contribution < -0.4 is 0 Å². The fourth-order valence-corrected chi connectivity index (χ4v) is 33.5. The summed E-state index contributed by atoms with van der Waals surface area (Å²) in [6, 6.07) is 11.6. The molecule has 10 heteroatoms. The molecule has 0 atom stereocenters. The van der Waals surface area contributed by atoms with Gasteiger partial charge >= 0.3 is 8.80 Å². The van der Waals surface area contributed by atoms with E-state index in [9.17, 15) is 0 Å². The van der Waals surface area contributed by atoms with Crippen molar-refractivity contribution in [3.63, 3.8) is 0 Å². The van der Waals surface area contributed by atoms with Crippen molar-refractivity contribution >= 4 is 41.9 Å². The quantitative estimate of drug-likeness (QED) is 0.108. The Balaban J connectivity index is 5.51. The maximum atomic E-state index is 7.10. The summed E-state index contributed by atoms with van der Waals surface area (Å²) < 4.78 is 28.7. The molecule has 0 saturated heterocycles. The van der Waals surface area contributed by atoms with E-state index in [1.165, 1.54) is 55.3 Å². The van der Waals surface area contributed by atoms with Gasteiger partial charge in [-0.3, -0.25) is 0 Å². The molecular weight excluding hydrogens is 543 g/mol. The Hall–Kier alpha value is 0.884. The lowest BCUT2D eigenvalue weighted by Gasteiger charge is -2.52. The third-order valence-corrected chi connectivity index (χ3v) is 33.4. The van der Waals surface area contributed by atoms with Crippen molar-refractivity contribution in [2.75, 3.05) is 26.4 Å². The van der Waals surface area contributed by atoms with Gasteiger partial charge in [0.2, 0.25) is 0 Å². The third kappa shape index (κ3) is 11.4. The minimum atomic E-state index is -2.62. The highest BCUT2D eigenvalue weighted by molar-refractivity contribution is 6.92. The lowest BCUT2D eigenvalue weighted by Crippen LogP contribution is -2.66. The van der Waals surface area contributed by atoms with E-state index in [2.05, 4.69) is 72.0 Å². The van der Waals surface area contributed by atoms with Crippen LogP contribution in [0.15, 0.2) is 0 Å². The molecule has 0 spiro atoms. The minimum absolute atomic E-state index is 0.641. The van der Waals surface area contributed by atoms with Crippen LogP contribution in [0.5, 0.6) is 0 Å². The Kier molecular flexibility index (Phi) is 18.1. The van der Waals surface area contributed by atoms with E-state index >= 15 is 0 Å². The van der Waals surface area contributed by atoms with Crippen LogP contribution in [0, 0.1) is 0 Å². The summed E-state index contributed by atoms with van der Waals surface area (Å²) in [5.41, 5.74) is 0. The highest BCUT2D eigenvalue weighted by Gasteiger charge is 2.46. The summed E-state index contributed by atoms with van der Waals surface area (Å²) in [4.78, 5) is 0. The van der Waals surface area contributed by atoms with Crippen LogP contribution in [0.4, 0.5) is 0 Å². The molecule has 0 N–H and O–H groups in total. The van der Waals surface area contributed by atoms with Gasteiger partial charge in [0.05, 0.1) is 0 Å². The van der Waals surface area contributed by atoms with Crippen molar-refractivity contribution < 1.29 is 17.4 Å². The van der Waals surface area contributed by atoms with Gasteiger partial charge in [0, 0.05) is 25.9 Å². The average molecular weight is 610 g/mol. The molecule has 0 aliphatic heterocycles. The van der Waals surface area contributed by atoms with Crippen LogP contribution >= 0.6 is 0 Å². The maximum Gasteiger partial charge on any atom is 0.500 e. The van der Waals surface area contributed by atoms with E-state index in [-0.39, 0.29) is 0 Å². The summed E-state index contributed by atoms with van der Waals surface area (Å²) in [5, 5.41) is 0. The molecule has 0 unspecified atom stereocenters. The van der Waals surface area contributed by atoms with Crippen LogP contribution in [0.25, 0.3) is 0 Å².